The summed E-state index contributed by atoms with van der Waals surface area (Å²) in [4.78, 5) is 16.1. The molecule has 2 rings (SSSR count). The smallest absolute Gasteiger partial charge is 0.236 e. The summed E-state index contributed by atoms with van der Waals surface area (Å²) < 4.78 is 10.9. The third kappa shape index (κ3) is 5.82. The molecule has 0 aliphatic carbocycles. The Bertz CT molecular complexity index is 510. The van der Waals surface area contributed by atoms with Crippen LogP contribution in [0.5, 0.6) is 5.75 Å². The highest BCUT2D eigenvalue weighted by atomic mass is 16.5. The van der Waals surface area contributed by atoms with Crippen molar-refractivity contribution in [3.63, 3.8) is 0 Å². The highest BCUT2D eigenvalue weighted by Crippen LogP contribution is 2.13. The van der Waals surface area contributed by atoms with Crippen molar-refractivity contribution in [3.8, 4) is 5.75 Å². The number of nitrogens with one attached hydrogen (secondary N) is 1. The second-order valence-corrected chi connectivity index (χ2v) is 5.99. The maximum absolute atomic E-state index is 12.2. The van der Waals surface area contributed by atoms with E-state index in [1.54, 1.807) is 12.0 Å². The molecule has 1 aromatic carbocycles. The van der Waals surface area contributed by atoms with Crippen LogP contribution in [-0.2, 0) is 16.1 Å². The molecule has 1 heterocycles. The van der Waals surface area contributed by atoms with Gasteiger partial charge in [0.15, 0.2) is 0 Å². The lowest BCUT2D eigenvalue weighted by Crippen LogP contribution is -2.46. The molecule has 6 heteroatoms. The van der Waals surface area contributed by atoms with Gasteiger partial charge < -0.3 is 24.6 Å². The number of carbonyl (C=O) groups is 1. The lowest BCUT2D eigenvalue weighted by atomic mass is 10.2. The first-order valence-corrected chi connectivity index (χ1v) is 7.96. The van der Waals surface area contributed by atoms with Crippen LogP contribution in [0.2, 0.25) is 0 Å². The summed E-state index contributed by atoms with van der Waals surface area (Å²) >= 11 is 0. The van der Waals surface area contributed by atoms with Gasteiger partial charge in [0.2, 0.25) is 5.91 Å². The van der Waals surface area contributed by atoms with Gasteiger partial charge >= 0.3 is 0 Å². The van der Waals surface area contributed by atoms with Crippen molar-refractivity contribution >= 4 is 5.91 Å². The minimum atomic E-state index is 0.0667. The SMILES string of the molecule is COc1cccc(CN(C)C(=O)CNCC2CN(C)CCO2)c1. The highest BCUT2D eigenvalue weighted by molar-refractivity contribution is 5.77. The van der Waals surface area contributed by atoms with Crippen LogP contribution in [0.25, 0.3) is 0 Å². The first kappa shape index (κ1) is 17.7. The van der Waals surface area contributed by atoms with Gasteiger partial charge in [0.25, 0.3) is 0 Å². The van der Waals surface area contributed by atoms with Gasteiger partial charge in [-0.25, -0.2) is 0 Å². The van der Waals surface area contributed by atoms with Gasteiger partial charge in [0, 0.05) is 33.2 Å². The largest absolute Gasteiger partial charge is 0.497 e. The number of carbonyl (C=O) groups excluding carboxylic acids is 1. The van der Waals surface area contributed by atoms with Gasteiger partial charge in [-0.1, -0.05) is 12.1 Å². The summed E-state index contributed by atoms with van der Waals surface area (Å²) in [5.41, 5.74) is 1.05. The fourth-order valence-corrected chi connectivity index (χ4v) is 2.60. The van der Waals surface area contributed by atoms with E-state index in [9.17, 15) is 4.79 Å². The third-order valence-electron chi connectivity index (χ3n) is 3.97. The number of amides is 1. The van der Waals surface area contributed by atoms with Crippen molar-refractivity contribution in [2.24, 2.45) is 0 Å². The van der Waals surface area contributed by atoms with Crippen LogP contribution in [0.3, 0.4) is 0 Å². The summed E-state index contributed by atoms with van der Waals surface area (Å²) in [6.45, 7) is 4.22. The van der Waals surface area contributed by atoms with E-state index in [2.05, 4.69) is 17.3 Å². The molecule has 1 saturated heterocycles. The van der Waals surface area contributed by atoms with Crippen LogP contribution in [0.4, 0.5) is 0 Å². The summed E-state index contributed by atoms with van der Waals surface area (Å²) in [5, 5.41) is 3.20. The molecular formula is C17H27N3O3. The molecule has 0 aromatic heterocycles. The lowest BCUT2D eigenvalue weighted by Gasteiger charge is -2.30. The zero-order valence-corrected chi connectivity index (χ0v) is 14.2. The van der Waals surface area contributed by atoms with Crippen LogP contribution >= 0.6 is 0 Å². The number of ether oxygens (including phenoxy) is 2. The molecular weight excluding hydrogens is 294 g/mol. The van der Waals surface area contributed by atoms with E-state index in [-0.39, 0.29) is 12.0 Å². The maximum Gasteiger partial charge on any atom is 0.236 e. The Morgan fingerprint density at radius 1 is 1.52 bits per heavy atom. The number of rotatable bonds is 7. The molecule has 0 radical (unpaired) electrons. The molecule has 1 aromatic rings. The molecule has 6 nitrogen and oxygen atoms in total. The zero-order valence-electron chi connectivity index (χ0n) is 14.2. The number of morpholine rings is 1. The van der Waals surface area contributed by atoms with Crippen molar-refractivity contribution in [1.82, 2.24) is 15.1 Å². The minimum Gasteiger partial charge on any atom is -0.497 e. The van der Waals surface area contributed by atoms with Gasteiger partial charge in [-0.3, -0.25) is 4.79 Å². The van der Waals surface area contributed by atoms with Crippen LogP contribution < -0.4 is 10.1 Å². The van der Waals surface area contributed by atoms with Gasteiger partial charge in [0.1, 0.15) is 5.75 Å². The van der Waals surface area contributed by atoms with Crippen molar-refractivity contribution in [3.05, 3.63) is 29.8 Å². The van der Waals surface area contributed by atoms with E-state index in [1.807, 2.05) is 31.3 Å². The standard InChI is InChI=1S/C17H27N3O3/c1-19-7-8-23-16(13-19)10-18-11-17(21)20(2)12-14-5-4-6-15(9-14)22-3/h4-6,9,16,18H,7-8,10-13H2,1-3H3. The van der Waals surface area contributed by atoms with E-state index < -0.39 is 0 Å². The topological polar surface area (TPSA) is 54.0 Å². The Morgan fingerprint density at radius 3 is 3.09 bits per heavy atom. The molecule has 0 spiro atoms. The van der Waals surface area contributed by atoms with Crippen LogP contribution in [-0.4, -0.2) is 75.8 Å². The average Bonchev–Trinajstić information content (AvgIpc) is 2.55. The maximum atomic E-state index is 12.2. The molecule has 128 valence electrons. The lowest BCUT2D eigenvalue weighted by molar-refractivity contribution is -0.129. The van der Waals surface area contributed by atoms with Crippen LogP contribution in [0.15, 0.2) is 24.3 Å². The zero-order chi connectivity index (χ0) is 16.7. The number of hydrogen-bond donors (Lipinski definition) is 1. The summed E-state index contributed by atoms with van der Waals surface area (Å²) in [7, 11) is 5.54. The van der Waals surface area contributed by atoms with Gasteiger partial charge in [0.05, 0.1) is 26.4 Å². The van der Waals surface area contributed by atoms with E-state index >= 15 is 0 Å². The quantitative estimate of drug-likeness (QED) is 0.796. The number of methoxy groups -OCH3 is 1. The number of hydrogen-bond acceptors (Lipinski definition) is 5. The van der Waals surface area contributed by atoms with E-state index in [0.29, 0.717) is 19.6 Å². The Morgan fingerprint density at radius 2 is 2.35 bits per heavy atom. The Balaban J connectivity index is 1.72. The molecule has 1 amide bonds. The summed E-state index contributed by atoms with van der Waals surface area (Å²) in [5.74, 6) is 0.872. The molecule has 23 heavy (non-hydrogen) atoms. The second kappa shape index (κ2) is 8.86. The monoisotopic (exact) mass is 321 g/mol. The average molecular weight is 321 g/mol. The number of benzene rings is 1. The molecule has 1 atom stereocenters. The Kier molecular flexibility index (Phi) is 6.83. The Hall–Kier alpha value is -1.63. The third-order valence-corrected chi connectivity index (χ3v) is 3.97. The molecule has 0 bridgehead atoms. The predicted molar refractivity (Wildman–Crippen MR) is 89.6 cm³/mol. The molecule has 1 N–H and O–H groups in total. The highest BCUT2D eigenvalue weighted by Gasteiger charge is 2.18. The van der Waals surface area contributed by atoms with E-state index in [4.69, 9.17) is 9.47 Å². The van der Waals surface area contributed by atoms with Crippen molar-refractivity contribution < 1.29 is 14.3 Å². The normalized spacial score (nSPS) is 18.7. The first-order chi connectivity index (χ1) is 11.1. The van der Waals surface area contributed by atoms with E-state index in [0.717, 1.165) is 31.0 Å². The molecule has 1 aliphatic heterocycles. The van der Waals surface area contributed by atoms with Crippen molar-refractivity contribution in [2.45, 2.75) is 12.6 Å². The molecule has 0 saturated carbocycles. The fraction of sp³-hybridized carbons (Fsp3) is 0.588. The van der Waals surface area contributed by atoms with Gasteiger partial charge in [-0.2, -0.15) is 0 Å². The van der Waals surface area contributed by atoms with Crippen LogP contribution in [0.1, 0.15) is 5.56 Å². The van der Waals surface area contributed by atoms with Gasteiger partial charge in [-0.05, 0) is 24.7 Å². The summed E-state index contributed by atoms with van der Waals surface area (Å²) in [6.07, 6.45) is 0.158. The molecule has 1 fully saturated rings. The predicted octanol–water partition coefficient (Wildman–Crippen LogP) is 0.574. The first-order valence-electron chi connectivity index (χ1n) is 7.96. The minimum absolute atomic E-state index is 0.0667. The van der Waals surface area contributed by atoms with E-state index in [1.165, 1.54) is 0 Å². The van der Waals surface area contributed by atoms with Crippen molar-refractivity contribution in [1.29, 1.82) is 0 Å². The van der Waals surface area contributed by atoms with Crippen molar-refractivity contribution in [2.75, 3.05) is 54.0 Å². The second-order valence-electron chi connectivity index (χ2n) is 5.99. The number of likely N-dealkylation sites (N-methyl/N-ethyl adjacent to an activating group) is 2. The van der Waals surface area contributed by atoms with Gasteiger partial charge in [-0.15, -0.1) is 0 Å². The van der Waals surface area contributed by atoms with Crippen LogP contribution in [0, 0.1) is 0 Å². The molecule has 1 aliphatic rings. The fourth-order valence-electron chi connectivity index (χ4n) is 2.60. The summed E-state index contributed by atoms with van der Waals surface area (Å²) in [6, 6.07) is 7.77. The molecule has 1 unspecified atom stereocenters. The number of nitrogens with zero attached hydrogens (tertiary/aromatic N) is 2. The Labute approximate surface area is 138 Å².